The van der Waals surface area contributed by atoms with Gasteiger partial charge < -0.3 is 5.11 Å². The van der Waals surface area contributed by atoms with E-state index < -0.39 is 6.10 Å². The molecule has 1 N–H and O–H groups in total. The predicted molar refractivity (Wildman–Crippen MR) is 65.8 cm³/mol. The Labute approximate surface area is 106 Å². The molecular weight excluding hydrogens is 230 g/mol. The van der Waals surface area contributed by atoms with Crippen LogP contribution < -0.4 is 0 Å². The molecular formula is C14H17NO3. The van der Waals surface area contributed by atoms with E-state index in [4.69, 9.17) is 4.84 Å². The number of benzene rings is 1. The third kappa shape index (κ3) is 2.02. The Bertz CT molecular complexity index is 460. The quantitative estimate of drug-likeness (QED) is 0.812. The summed E-state index contributed by atoms with van der Waals surface area (Å²) in [5, 5.41) is 10.8. The number of carbonyl (C=O) groups excluding carboxylic acids is 1. The summed E-state index contributed by atoms with van der Waals surface area (Å²) >= 11 is 0. The maximum Gasteiger partial charge on any atom is 0.253 e. The van der Waals surface area contributed by atoms with Crippen molar-refractivity contribution in [3.05, 3.63) is 35.4 Å². The molecule has 1 aliphatic carbocycles. The Kier molecular flexibility index (Phi) is 3.06. The summed E-state index contributed by atoms with van der Waals surface area (Å²) in [6, 6.07) is 8.12. The molecule has 1 aromatic rings. The highest BCUT2D eigenvalue weighted by Crippen LogP contribution is 2.33. The van der Waals surface area contributed by atoms with E-state index in [1.165, 1.54) is 10.6 Å². The molecule has 2 atom stereocenters. The van der Waals surface area contributed by atoms with Crippen LogP contribution in [0.15, 0.2) is 24.3 Å². The Hall–Kier alpha value is -1.39. The van der Waals surface area contributed by atoms with Crippen LogP contribution in [0.3, 0.4) is 0 Å². The molecule has 1 amide bonds. The minimum absolute atomic E-state index is 0.0151. The summed E-state index contributed by atoms with van der Waals surface area (Å²) in [6.07, 6.45) is 2.40. The lowest BCUT2D eigenvalue weighted by atomic mass is 9.82. The summed E-state index contributed by atoms with van der Waals surface area (Å²) in [4.78, 5) is 17.6. The molecule has 1 unspecified atom stereocenters. The van der Waals surface area contributed by atoms with Crippen LogP contribution in [0.1, 0.15) is 29.9 Å². The van der Waals surface area contributed by atoms with Gasteiger partial charge in [0.1, 0.15) is 6.61 Å². The third-order valence-corrected chi connectivity index (χ3v) is 3.71. The molecule has 4 nitrogen and oxygen atoms in total. The van der Waals surface area contributed by atoms with Gasteiger partial charge in [-0.05, 0) is 30.4 Å². The number of carbonyl (C=O) groups is 1. The number of aliphatic hydroxyl groups is 1. The van der Waals surface area contributed by atoms with E-state index in [9.17, 15) is 9.90 Å². The second kappa shape index (κ2) is 4.71. The normalized spacial score (nSPS) is 27.1. The van der Waals surface area contributed by atoms with E-state index >= 15 is 0 Å². The van der Waals surface area contributed by atoms with Crippen molar-refractivity contribution in [2.75, 3.05) is 13.2 Å². The molecule has 2 aliphatic rings. The Balaban J connectivity index is 1.83. The highest BCUT2D eigenvalue weighted by molar-refractivity contribution is 5.83. The van der Waals surface area contributed by atoms with Gasteiger partial charge in [0.25, 0.3) is 5.91 Å². The maximum atomic E-state index is 12.4. The molecule has 3 rings (SSSR count). The number of hydrogen-bond donors (Lipinski definition) is 1. The van der Waals surface area contributed by atoms with Gasteiger partial charge in [0.05, 0.1) is 18.6 Å². The van der Waals surface area contributed by atoms with E-state index in [2.05, 4.69) is 6.07 Å². The zero-order valence-electron chi connectivity index (χ0n) is 10.2. The van der Waals surface area contributed by atoms with Crippen molar-refractivity contribution >= 4 is 5.91 Å². The van der Waals surface area contributed by atoms with E-state index in [1.54, 1.807) is 0 Å². The molecule has 1 heterocycles. The van der Waals surface area contributed by atoms with Crippen LogP contribution in [0.5, 0.6) is 0 Å². The average molecular weight is 247 g/mol. The summed E-state index contributed by atoms with van der Waals surface area (Å²) in [5.74, 6) is -0.126. The van der Waals surface area contributed by atoms with Gasteiger partial charge in [0, 0.05) is 0 Å². The van der Waals surface area contributed by atoms with Gasteiger partial charge in [-0.25, -0.2) is 5.06 Å². The zero-order chi connectivity index (χ0) is 12.5. The summed E-state index contributed by atoms with van der Waals surface area (Å²) in [5.41, 5.74) is 2.39. The van der Waals surface area contributed by atoms with Gasteiger partial charge in [0.2, 0.25) is 0 Å². The summed E-state index contributed by atoms with van der Waals surface area (Å²) < 4.78 is 0. The fourth-order valence-electron chi connectivity index (χ4n) is 2.81. The standard InChI is InChI=1S/C14H17NO3/c16-11-8-15(18-9-11)14(17)13-7-3-5-10-4-1-2-6-12(10)13/h1-2,4,6,11,13,16H,3,5,7-9H2/t11-,13?/m0/s1. The lowest BCUT2D eigenvalue weighted by molar-refractivity contribution is -0.170. The fraction of sp³-hybridized carbons (Fsp3) is 0.500. The van der Waals surface area contributed by atoms with Crippen molar-refractivity contribution in [3.63, 3.8) is 0 Å². The average Bonchev–Trinajstić information content (AvgIpc) is 2.84. The largest absolute Gasteiger partial charge is 0.389 e. The van der Waals surface area contributed by atoms with Crippen molar-refractivity contribution in [1.29, 1.82) is 0 Å². The topological polar surface area (TPSA) is 49.8 Å². The molecule has 0 aromatic heterocycles. The van der Waals surface area contributed by atoms with Crippen molar-refractivity contribution in [1.82, 2.24) is 5.06 Å². The van der Waals surface area contributed by atoms with Crippen molar-refractivity contribution in [2.24, 2.45) is 0 Å². The van der Waals surface area contributed by atoms with Crippen LogP contribution in [0, 0.1) is 0 Å². The van der Waals surface area contributed by atoms with Crippen LogP contribution in [-0.2, 0) is 16.1 Å². The number of aliphatic hydroxyl groups excluding tert-OH is 1. The number of hydroxylamine groups is 2. The van der Waals surface area contributed by atoms with Crippen LogP contribution in [0.2, 0.25) is 0 Å². The van der Waals surface area contributed by atoms with Crippen molar-refractivity contribution in [2.45, 2.75) is 31.3 Å². The van der Waals surface area contributed by atoms with Gasteiger partial charge >= 0.3 is 0 Å². The molecule has 1 aliphatic heterocycles. The maximum absolute atomic E-state index is 12.4. The first-order valence-corrected chi connectivity index (χ1v) is 6.46. The number of fused-ring (bicyclic) bond motifs is 1. The number of nitrogens with zero attached hydrogens (tertiary/aromatic N) is 1. The highest BCUT2D eigenvalue weighted by Gasteiger charge is 2.34. The molecule has 0 bridgehead atoms. The lowest BCUT2D eigenvalue weighted by Gasteiger charge is -2.27. The van der Waals surface area contributed by atoms with Gasteiger partial charge in [0.15, 0.2) is 0 Å². The SMILES string of the molecule is O=C(C1CCCc2ccccc21)N1C[C@H](O)CO1. The second-order valence-electron chi connectivity index (χ2n) is 4.99. The van der Waals surface area contributed by atoms with Crippen LogP contribution in [-0.4, -0.2) is 35.3 Å². The van der Waals surface area contributed by atoms with Crippen molar-refractivity contribution < 1.29 is 14.7 Å². The highest BCUT2D eigenvalue weighted by atomic mass is 16.7. The Morgan fingerprint density at radius 2 is 2.22 bits per heavy atom. The molecule has 96 valence electrons. The third-order valence-electron chi connectivity index (χ3n) is 3.71. The predicted octanol–water partition coefficient (Wildman–Crippen LogP) is 1.24. The molecule has 1 aromatic carbocycles. The lowest BCUT2D eigenvalue weighted by Crippen LogP contribution is -2.34. The number of hydrogen-bond acceptors (Lipinski definition) is 3. The Morgan fingerprint density at radius 1 is 1.39 bits per heavy atom. The van der Waals surface area contributed by atoms with E-state index in [0.29, 0.717) is 0 Å². The van der Waals surface area contributed by atoms with Crippen molar-refractivity contribution in [3.8, 4) is 0 Å². The molecule has 1 saturated heterocycles. The van der Waals surface area contributed by atoms with Gasteiger partial charge in [-0.1, -0.05) is 24.3 Å². The Morgan fingerprint density at radius 3 is 3.00 bits per heavy atom. The molecule has 1 fully saturated rings. The van der Waals surface area contributed by atoms with Crippen LogP contribution >= 0.6 is 0 Å². The first-order valence-electron chi connectivity index (χ1n) is 6.46. The van der Waals surface area contributed by atoms with Gasteiger partial charge in [-0.15, -0.1) is 0 Å². The summed E-state index contributed by atoms with van der Waals surface area (Å²) in [7, 11) is 0. The van der Waals surface area contributed by atoms with E-state index in [1.807, 2.05) is 18.2 Å². The molecule has 0 radical (unpaired) electrons. The second-order valence-corrected chi connectivity index (χ2v) is 4.99. The first-order chi connectivity index (χ1) is 8.75. The number of rotatable bonds is 1. The zero-order valence-corrected chi connectivity index (χ0v) is 10.2. The molecule has 18 heavy (non-hydrogen) atoms. The summed E-state index contributed by atoms with van der Waals surface area (Å²) in [6.45, 7) is 0.512. The molecule has 0 spiro atoms. The van der Waals surface area contributed by atoms with Crippen LogP contribution in [0.4, 0.5) is 0 Å². The molecule has 4 heteroatoms. The number of amides is 1. The van der Waals surface area contributed by atoms with E-state index in [-0.39, 0.29) is 25.0 Å². The number of β-amino-alcohol motifs (C(OH)–C–C–N with tert-alkyl or cyclic N) is 1. The monoisotopic (exact) mass is 247 g/mol. The number of aryl methyl sites for hydroxylation is 1. The fourth-order valence-corrected chi connectivity index (χ4v) is 2.81. The minimum atomic E-state index is -0.548. The van der Waals surface area contributed by atoms with Crippen LogP contribution in [0.25, 0.3) is 0 Å². The molecule has 0 saturated carbocycles. The smallest absolute Gasteiger partial charge is 0.253 e. The van der Waals surface area contributed by atoms with Gasteiger partial charge in [-0.3, -0.25) is 9.63 Å². The minimum Gasteiger partial charge on any atom is -0.389 e. The van der Waals surface area contributed by atoms with Gasteiger partial charge in [-0.2, -0.15) is 0 Å². The first kappa shape index (κ1) is 11.7. The van der Waals surface area contributed by atoms with E-state index in [0.717, 1.165) is 24.8 Å².